The lowest BCUT2D eigenvalue weighted by atomic mass is 9.93. The van der Waals surface area contributed by atoms with Gasteiger partial charge in [0.15, 0.2) is 0 Å². The van der Waals surface area contributed by atoms with Gasteiger partial charge in [-0.25, -0.2) is 0 Å². The molecule has 2 aliphatic carbocycles. The molecule has 0 radical (unpaired) electrons. The fourth-order valence-corrected chi connectivity index (χ4v) is 6.14. The summed E-state index contributed by atoms with van der Waals surface area (Å²) in [4.78, 5) is 0. The second kappa shape index (κ2) is 8.12. The molecule has 37 heavy (non-hydrogen) atoms. The molecule has 0 saturated heterocycles. The average Bonchev–Trinajstić information content (AvgIpc) is 3.44. The minimum atomic E-state index is 0.466. The SMILES string of the molecule is CC1C=Cc2c(c3cc(C#N)ccc3n2-c2cccc(-n3c4c(c5ccccc53)C=C(C#N)CC4)c2)C1. The van der Waals surface area contributed by atoms with E-state index in [2.05, 4.69) is 101 Å². The first-order valence-electron chi connectivity index (χ1n) is 12.8. The lowest BCUT2D eigenvalue weighted by Crippen LogP contribution is -2.07. The number of rotatable bonds is 2. The van der Waals surface area contributed by atoms with Crippen LogP contribution in [0.5, 0.6) is 0 Å². The quantitative estimate of drug-likeness (QED) is 0.265. The molecule has 0 saturated carbocycles. The standard InChI is InChI=1S/C33H24N4/c1-21-9-12-31-27(15-21)29-17-23(20-35)11-14-33(29)37(31)25-6-4-5-24(18-25)36-30-8-3-2-7-26(30)28-16-22(19-34)10-13-32(28)36/h2-9,11-12,14,16-18,21H,10,13,15H2,1H3. The lowest BCUT2D eigenvalue weighted by Gasteiger charge is -2.18. The van der Waals surface area contributed by atoms with E-state index in [-0.39, 0.29) is 0 Å². The van der Waals surface area contributed by atoms with E-state index in [9.17, 15) is 10.5 Å². The molecule has 2 aliphatic rings. The van der Waals surface area contributed by atoms with Crippen molar-refractivity contribution >= 4 is 34.0 Å². The molecule has 176 valence electrons. The number of nitriles is 2. The van der Waals surface area contributed by atoms with E-state index in [0.717, 1.165) is 58.2 Å². The first kappa shape index (κ1) is 21.5. The molecule has 5 aromatic rings. The normalized spacial score (nSPS) is 16.2. The minimum absolute atomic E-state index is 0.466. The molecular weight excluding hydrogens is 452 g/mol. The number of benzene rings is 3. The summed E-state index contributed by atoms with van der Waals surface area (Å²) in [5.74, 6) is 0.466. The van der Waals surface area contributed by atoms with Crippen molar-refractivity contribution in [1.29, 1.82) is 10.5 Å². The zero-order chi connectivity index (χ0) is 25.1. The summed E-state index contributed by atoms with van der Waals surface area (Å²) >= 11 is 0. The summed E-state index contributed by atoms with van der Waals surface area (Å²) < 4.78 is 4.70. The smallest absolute Gasteiger partial charge is 0.0991 e. The summed E-state index contributed by atoms with van der Waals surface area (Å²) in [6.07, 6.45) is 9.15. The highest BCUT2D eigenvalue weighted by Crippen LogP contribution is 2.38. The van der Waals surface area contributed by atoms with Crippen molar-refractivity contribution in [2.75, 3.05) is 0 Å². The molecule has 1 atom stereocenters. The van der Waals surface area contributed by atoms with E-state index in [1.54, 1.807) is 0 Å². The van der Waals surface area contributed by atoms with Crippen LogP contribution in [0.1, 0.15) is 41.4 Å². The fraction of sp³-hybridized carbons (Fsp3) is 0.152. The monoisotopic (exact) mass is 476 g/mol. The maximum atomic E-state index is 9.54. The Kier molecular flexibility index (Phi) is 4.71. The second-order valence-corrected chi connectivity index (χ2v) is 10.1. The Hall–Kier alpha value is -4.80. The van der Waals surface area contributed by atoms with Gasteiger partial charge in [0.2, 0.25) is 0 Å². The van der Waals surface area contributed by atoms with Gasteiger partial charge < -0.3 is 9.13 Å². The largest absolute Gasteiger partial charge is 0.313 e. The van der Waals surface area contributed by atoms with Crippen molar-refractivity contribution in [3.05, 3.63) is 106 Å². The van der Waals surface area contributed by atoms with Gasteiger partial charge in [-0.05, 0) is 85.4 Å². The average molecular weight is 477 g/mol. The van der Waals surface area contributed by atoms with E-state index in [4.69, 9.17) is 0 Å². The van der Waals surface area contributed by atoms with Gasteiger partial charge >= 0.3 is 0 Å². The lowest BCUT2D eigenvalue weighted by molar-refractivity contribution is 0.717. The van der Waals surface area contributed by atoms with Gasteiger partial charge in [-0.3, -0.25) is 0 Å². The molecule has 0 aliphatic heterocycles. The first-order valence-corrected chi connectivity index (χ1v) is 12.8. The Labute approximate surface area is 215 Å². The van der Waals surface area contributed by atoms with Crippen LogP contribution in [0.15, 0.2) is 78.4 Å². The van der Waals surface area contributed by atoms with Crippen LogP contribution in [-0.4, -0.2) is 9.13 Å². The second-order valence-electron chi connectivity index (χ2n) is 10.1. The molecule has 0 N–H and O–H groups in total. The Morgan fingerprint density at radius 1 is 0.811 bits per heavy atom. The number of fused-ring (bicyclic) bond motifs is 6. The summed E-state index contributed by atoms with van der Waals surface area (Å²) in [6, 6.07) is 27.9. The molecule has 0 spiro atoms. The summed E-state index contributed by atoms with van der Waals surface area (Å²) in [5, 5.41) is 21.4. The third kappa shape index (κ3) is 3.20. The Morgan fingerprint density at radius 2 is 1.62 bits per heavy atom. The van der Waals surface area contributed by atoms with Crippen LogP contribution in [0.4, 0.5) is 0 Å². The summed E-state index contributed by atoms with van der Waals surface area (Å²) in [6.45, 7) is 2.24. The highest BCUT2D eigenvalue weighted by molar-refractivity contribution is 5.95. The van der Waals surface area contributed by atoms with Crippen molar-refractivity contribution < 1.29 is 0 Å². The molecular formula is C33H24N4. The van der Waals surface area contributed by atoms with E-state index in [1.165, 1.54) is 22.3 Å². The predicted molar refractivity (Wildman–Crippen MR) is 149 cm³/mol. The van der Waals surface area contributed by atoms with Crippen molar-refractivity contribution in [3.63, 3.8) is 0 Å². The molecule has 1 unspecified atom stereocenters. The van der Waals surface area contributed by atoms with Gasteiger partial charge in [0.1, 0.15) is 0 Å². The van der Waals surface area contributed by atoms with E-state index >= 15 is 0 Å². The number of nitrogens with zero attached hydrogens (tertiary/aromatic N) is 4. The topological polar surface area (TPSA) is 57.4 Å². The van der Waals surface area contributed by atoms with Crippen LogP contribution in [-0.2, 0) is 12.8 Å². The van der Waals surface area contributed by atoms with Gasteiger partial charge in [-0.1, -0.05) is 37.3 Å². The third-order valence-electron chi connectivity index (χ3n) is 7.81. The molecule has 0 bridgehead atoms. The molecule has 4 heteroatoms. The highest BCUT2D eigenvalue weighted by Gasteiger charge is 2.23. The minimum Gasteiger partial charge on any atom is -0.313 e. The summed E-state index contributed by atoms with van der Waals surface area (Å²) in [7, 11) is 0. The van der Waals surface area contributed by atoms with Crippen LogP contribution in [0.2, 0.25) is 0 Å². The number of hydrogen-bond donors (Lipinski definition) is 0. The van der Waals surface area contributed by atoms with Crippen LogP contribution >= 0.6 is 0 Å². The molecule has 2 heterocycles. The molecule has 0 fully saturated rings. The molecule has 3 aromatic carbocycles. The van der Waals surface area contributed by atoms with Gasteiger partial charge in [0.25, 0.3) is 0 Å². The Morgan fingerprint density at radius 3 is 2.46 bits per heavy atom. The van der Waals surface area contributed by atoms with E-state index in [0.29, 0.717) is 11.5 Å². The Bertz CT molecular complexity index is 1890. The number of para-hydroxylation sites is 1. The number of allylic oxidation sites excluding steroid dienone is 2. The number of aromatic nitrogens is 2. The van der Waals surface area contributed by atoms with Crippen molar-refractivity contribution in [3.8, 4) is 23.5 Å². The predicted octanol–water partition coefficient (Wildman–Crippen LogP) is 7.50. The van der Waals surface area contributed by atoms with Crippen LogP contribution in [0, 0.1) is 28.6 Å². The van der Waals surface area contributed by atoms with Gasteiger partial charge in [0.05, 0.1) is 28.7 Å². The van der Waals surface area contributed by atoms with E-state index < -0.39 is 0 Å². The van der Waals surface area contributed by atoms with Crippen LogP contribution < -0.4 is 0 Å². The van der Waals surface area contributed by atoms with Crippen LogP contribution in [0.3, 0.4) is 0 Å². The number of hydrogen-bond acceptors (Lipinski definition) is 2. The first-order chi connectivity index (χ1) is 18.2. The molecule has 4 nitrogen and oxygen atoms in total. The molecule has 2 aromatic heterocycles. The van der Waals surface area contributed by atoms with Gasteiger partial charge in [0, 0.05) is 44.7 Å². The molecule has 7 rings (SSSR count). The third-order valence-corrected chi connectivity index (χ3v) is 7.81. The van der Waals surface area contributed by atoms with Gasteiger partial charge in [-0.2, -0.15) is 10.5 Å². The highest BCUT2D eigenvalue weighted by atomic mass is 15.0. The van der Waals surface area contributed by atoms with Crippen molar-refractivity contribution in [2.45, 2.75) is 26.2 Å². The van der Waals surface area contributed by atoms with Crippen molar-refractivity contribution in [1.82, 2.24) is 9.13 Å². The maximum absolute atomic E-state index is 9.54. The zero-order valence-electron chi connectivity index (χ0n) is 20.6. The van der Waals surface area contributed by atoms with Crippen molar-refractivity contribution in [2.24, 2.45) is 5.92 Å². The zero-order valence-corrected chi connectivity index (χ0v) is 20.6. The molecule has 0 amide bonds. The maximum Gasteiger partial charge on any atom is 0.0991 e. The van der Waals surface area contributed by atoms with Crippen LogP contribution in [0.25, 0.3) is 45.3 Å². The fourth-order valence-electron chi connectivity index (χ4n) is 6.14. The van der Waals surface area contributed by atoms with Gasteiger partial charge in [-0.15, -0.1) is 0 Å². The Balaban J connectivity index is 1.48. The van der Waals surface area contributed by atoms with E-state index in [1.807, 2.05) is 12.1 Å². The summed E-state index contributed by atoms with van der Waals surface area (Å²) in [5.41, 5.74) is 11.0.